The number of nitrogens with one attached hydrogen (secondary N) is 1. The van der Waals surface area contributed by atoms with Crippen LogP contribution in [0.4, 0.5) is 5.69 Å². The second kappa shape index (κ2) is 7.36. The zero-order valence-corrected chi connectivity index (χ0v) is 11.4. The molecule has 0 aromatic carbocycles. The van der Waals surface area contributed by atoms with Crippen molar-refractivity contribution in [3.05, 3.63) is 18.3 Å². The summed E-state index contributed by atoms with van der Waals surface area (Å²) < 4.78 is 30.6. The molecule has 0 spiro atoms. The Hall–Kier alpha value is -1.26. The Balaban J connectivity index is 2.79. The maximum absolute atomic E-state index is 12.2. The van der Waals surface area contributed by atoms with Crippen LogP contribution < -0.4 is 11.3 Å². The summed E-state index contributed by atoms with van der Waals surface area (Å²) in [6.45, 7) is 0.419. The Bertz CT molecular complexity index is 494. The quantitative estimate of drug-likeness (QED) is 0.319. The lowest BCUT2D eigenvalue weighted by Gasteiger charge is -2.18. The third-order valence-electron chi connectivity index (χ3n) is 2.37. The minimum atomic E-state index is -3.73. The van der Waals surface area contributed by atoms with Gasteiger partial charge in [0.05, 0.1) is 25.5 Å². The number of ether oxygens (including phenoxy) is 1. The number of pyridine rings is 1. The van der Waals surface area contributed by atoms with Crippen molar-refractivity contribution < 1.29 is 18.3 Å². The molecule has 0 amide bonds. The van der Waals surface area contributed by atoms with E-state index >= 15 is 0 Å². The second-order valence-corrected chi connectivity index (χ2v) is 5.62. The summed E-state index contributed by atoms with van der Waals surface area (Å²) in [7, 11) is -2.31. The monoisotopic (exact) mass is 290 g/mol. The molecule has 1 aromatic heterocycles. The highest BCUT2D eigenvalue weighted by Crippen LogP contribution is 2.19. The van der Waals surface area contributed by atoms with Gasteiger partial charge < -0.3 is 15.3 Å². The molecule has 4 N–H and O–H groups in total. The van der Waals surface area contributed by atoms with Crippen LogP contribution in [-0.4, -0.2) is 56.2 Å². The zero-order chi connectivity index (χ0) is 14.3. The summed E-state index contributed by atoms with van der Waals surface area (Å²) in [4.78, 5) is 3.83. The van der Waals surface area contributed by atoms with Crippen LogP contribution in [0.1, 0.15) is 0 Å². The van der Waals surface area contributed by atoms with Crippen molar-refractivity contribution in [3.8, 4) is 0 Å². The Morgan fingerprint density at radius 1 is 1.53 bits per heavy atom. The van der Waals surface area contributed by atoms with Gasteiger partial charge in [0.1, 0.15) is 0 Å². The number of anilines is 1. The van der Waals surface area contributed by atoms with E-state index in [0.717, 1.165) is 4.31 Å². The molecule has 0 aliphatic rings. The van der Waals surface area contributed by atoms with Crippen molar-refractivity contribution in [2.45, 2.75) is 5.03 Å². The standard InChI is InChI=1S/C10H18N4O4S/c1-14(5-7-18-8-6-15)19(16,17)10-9(13-11)3-2-4-12-10/h2-4,13,15H,5-8,11H2,1H3. The lowest BCUT2D eigenvalue weighted by atomic mass is 10.4. The zero-order valence-electron chi connectivity index (χ0n) is 10.6. The van der Waals surface area contributed by atoms with Crippen LogP contribution in [0.2, 0.25) is 0 Å². The maximum atomic E-state index is 12.2. The van der Waals surface area contributed by atoms with Gasteiger partial charge in [-0.2, -0.15) is 4.31 Å². The number of aliphatic hydroxyl groups excluding tert-OH is 1. The van der Waals surface area contributed by atoms with E-state index in [-0.39, 0.29) is 37.1 Å². The molecule has 0 atom stereocenters. The lowest BCUT2D eigenvalue weighted by Crippen LogP contribution is -2.32. The first-order chi connectivity index (χ1) is 9.04. The highest BCUT2D eigenvalue weighted by molar-refractivity contribution is 7.89. The molecule has 0 unspecified atom stereocenters. The van der Waals surface area contributed by atoms with Gasteiger partial charge in [0, 0.05) is 19.8 Å². The molecule has 9 heteroatoms. The van der Waals surface area contributed by atoms with Gasteiger partial charge in [-0.3, -0.25) is 5.84 Å². The fraction of sp³-hybridized carbons (Fsp3) is 0.500. The summed E-state index contributed by atoms with van der Waals surface area (Å²) in [5, 5.41) is 8.41. The first-order valence-corrected chi connectivity index (χ1v) is 7.04. The molecule has 0 saturated heterocycles. The minimum Gasteiger partial charge on any atom is -0.394 e. The maximum Gasteiger partial charge on any atom is 0.262 e. The van der Waals surface area contributed by atoms with Gasteiger partial charge in [-0.25, -0.2) is 13.4 Å². The number of sulfonamides is 1. The van der Waals surface area contributed by atoms with E-state index in [0.29, 0.717) is 0 Å². The van der Waals surface area contributed by atoms with Crippen molar-refractivity contribution >= 4 is 15.7 Å². The number of likely N-dealkylation sites (N-methyl/N-ethyl adjacent to an activating group) is 1. The van der Waals surface area contributed by atoms with Crippen LogP contribution in [0.25, 0.3) is 0 Å². The average molecular weight is 290 g/mol. The smallest absolute Gasteiger partial charge is 0.262 e. The first-order valence-electron chi connectivity index (χ1n) is 5.60. The number of rotatable bonds is 8. The van der Waals surface area contributed by atoms with Gasteiger partial charge in [-0.1, -0.05) is 0 Å². The van der Waals surface area contributed by atoms with E-state index in [1.807, 2.05) is 0 Å². The van der Waals surface area contributed by atoms with Crippen LogP contribution in [0.3, 0.4) is 0 Å². The molecule has 1 aromatic rings. The number of nitrogens with zero attached hydrogens (tertiary/aromatic N) is 2. The van der Waals surface area contributed by atoms with E-state index in [1.165, 1.54) is 19.3 Å². The van der Waals surface area contributed by atoms with E-state index < -0.39 is 10.0 Å². The number of hydrogen-bond acceptors (Lipinski definition) is 7. The van der Waals surface area contributed by atoms with Gasteiger partial charge >= 0.3 is 0 Å². The average Bonchev–Trinajstić information content (AvgIpc) is 2.43. The molecule has 19 heavy (non-hydrogen) atoms. The third kappa shape index (κ3) is 4.11. The summed E-state index contributed by atoms with van der Waals surface area (Å²) in [6.07, 6.45) is 1.38. The Morgan fingerprint density at radius 2 is 2.26 bits per heavy atom. The highest BCUT2D eigenvalue weighted by Gasteiger charge is 2.24. The molecule has 0 radical (unpaired) electrons. The van der Waals surface area contributed by atoms with E-state index in [4.69, 9.17) is 15.7 Å². The summed E-state index contributed by atoms with van der Waals surface area (Å²) in [6, 6.07) is 3.11. The van der Waals surface area contributed by atoms with Crippen LogP contribution >= 0.6 is 0 Å². The molecule has 8 nitrogen and oxygen atoms in total. The highest BCUT2D eigenvalue weighted by atomic mass is 32.2. The second-order valence-electron chi connectivity index (χ2n) is 3.66. The molecule has 0 aliphatic carbocycles. The molecule has 1 heterocycles. The number of hydrazine groups is 1. The first kappa shape index (κ1) is 15.8. The predicted octanol–water partition coefficient (Wildman–Crippen LogP) is -1.00. The summed E-state index contributed by atoms with van der Waals surface area (Å²) >= 11 is 0. The van der Waals surface area contributed by atoms with Crippen molar-refractivity contribution in [3.63, 3.8) is 0 Å². The van der Waals surface area contributed by atoms with Gasteiger partial charge in [-0.15, -0.1) is 0 Å². The fourth-order valence-electron chi connectivity index (χ4n) is 1.33. The molecule has 1 rings (SSSR count). The number of aromatic nitrogens is 1. The SMILES string of the molecule is CN(CCOCCO)S(=O)(=O)c1ncccc1NN. The van der Waals surface area contributed by atoms with Crippen molar-refractivity contribution in [2.24, 2.45) is 5.84 Å². The van der Waals surface area contributed by atoms with E-state index in [2.05, 4.69) is 10.4 Å². The fourth-order valence-corrected chi connectivity index (χ4v) is 2.54. The molecule has 108 valence electrons. The van der Waals surface area contributed by atoms with Crippen LogP contribution in [-0.2, 0) is 14.8 Å². The van der Waals surface area contributed by atoms with E-state index in [1.54, 1.807) is 6.07 Å². The van der Waals surface area contributed by atoms with Crippen LogP contribution in [0.15, 0.2) is 23.4 Å². The summed E-state index contributed by atoms with van der Waals surface area (Å²) in [5.74, 6) is 5.26. The number of aliphatic hydroxyl groups is 1. The Kier molecular flexibility index (Phi) is 6.12. The topological polar surface area (TPSA) is 118 Å². The number of nitrogen functional groups attached to an aromatic ring is 1. The molecule has 0 aliphatic heterocycles. The molecule has 0 bridgehead atoms. The number of hydrogen-bond donors (Lipinski definition) is 3. The Morgan fingerprint density at radius 3 is 2.89 bits per heavy atom. The Labute approximate surface area is 112 Å². The number of nitrogens with two attached hydrogens (primary N) is 1. The van der Waals surface area contributed by atoms with Crippen molar-refractivity contribution in [2.75, 3.05) is 38.8 Å². The van der Waals surface area contributed by atoms with Gasteiger partial charge in [0.25, 0.3) is 10.0 Å². The molecule has 0 saturated carbocycles. The van der Waals surface area contributed by atoms with Crippen molar-refractivity contribution in [1.82, 2.24) is 9.29 Å². The third-order valence-corrected chi connectivity index (χ3v) is 4.18. The predicted molar refractivity (Wildman–Crippen MR) is 69.8 cm³/mol. The van der Waals surface area contributed by atoms with Gasteiger partial charge in [0.15, 0.2) is 5.03 Å². The molecular weight excluding hydrogens is 272 g/mol. The van der Waals surface area contributed by atoms with Crippen LogP contribution in [0.5, 0.6) is 0 Å². The lowest BCUT2D eigenvalue weighted by molar-refractivity contribution is 0.0876. The molecule has 0 fully saturated rings. The molecular formula is C10H18N4O4S. The van der Waals surface area contributed by atoms with Crippen LogP contribution in [0, 0.1) is 0 Å². The largest absolute Gasteiger partial charge is 0.394 e. The van der Waals surface area contributed by atoms with E-state index in [9.17, 15) is 8.42 Å². The van der Waals surface area contributed by atoms with Gasteiger partial charge in [-0.05, 0) is 12.1 Å². The minimum absolute atomic E-state index is 0.0993. The summed E-state index contributed by atoms with van der Waals surface area (Å²) in [5.41, 5.74) is 2.53. The normalized spacial score (nSPS) is 11.8. The van der Waals surface area contributed by atoms with Crippen molar-refractivity contribution in [1.29, 1.82) is 0 Å². The van der Waals surface area contributed by atoms with Gasteiger partial charge in [0.2, 0.25) is 0 Å².